The van der Waals surface area contributed by atoms with Crippen molar-refractivity contribution in [3.63, 3.8) is 0 Å². The number of nitrogens with zero attached hydrogens (tertiary/aromatic N) is 1. The van der Waals surface area contributed by atoms with Crippen LogP contribution in [0.4, 0.5) is 5.13 Å². The molecule has 0 atom stereocenters. The second-order valence-electron chi connectivity index (χ2n) is 5.53. The Hall–Kier alpha value is -3.25. The maximum absolute atomic E-state index is 11.6. The lowest BCUT2D eigenvalue weighted by Crippen LogP contribution is -2.28. The van der Waals surface area contributed by atoms with E-state index in [-0.39, 0.29) is 18.5 Å². The summed E-state index contributed by atoms with van der Waals surface area (Å²) < 4.78 is 4.84. The Morgan fingerprint density at radius 1 is 1.20 bits per heavy atom. The highest BCUT2D eigenvalue weighted by Gasteiger charge is 2.09. The lowest BCUT2D eigenvalue weighted by Gasteiger charge is -2.04. The number of hydrogen-bond donors (Lipinski definition) is 4. The molecule has 0 fully saturated rings. The number of aliphatic carboxylic acids is 2. The van der Waals surface area contributed by atoms with E-state index < -0.39 is 11.9 Å². The number of amides is 1. The number of carbonyl (C=O) groups excluding carboxylic acids is 2. The molecule has 0 aliphatic carbocycles. The highest BCUT2D eigenvalue weighted by Crippen LogP contribution is 2.29. The van der Waals surface area contributed by atoms with Gasteiger partial charge in [0.15, 0.2) is 11.7 Å². The van der Waals surface area contributed by atoms with E-state index in [0.29, 0.717) is 36.7 Å². The van der Waals surface area contributed by atoms with Crippen molar-refractivity contribution in [3.05, 3.63) is 34.5 Å². The first-order valence-electron chi connectivity index (χ1n) is 8.57. The Labute approximate surface area is 180 Å². The summed E-state index contributed by atoms with van der Waals surface area (Å²) in [6.45, 7) is 2.04. The third-order valence-corrected chi connectivity index (χ3v) is 4.86. The van der Waals surface area contributed by atoms with Crippen LogP contribution in [-0.2, 0) is 30.5 Å². The molecule has 2 rings (SSSR count). The van der Waals surface area contributed by atoms with Crippen LogP contribution in [0.5, 0.6) is 0 Å². The van der Waals surface area contributed by atoms with Gasteiger partial charge in [0.05, 0.1) is 17.1 Å². The first-order chi connectivity index (χ1) is 14.2. The molecule has 162 valence electrons. The summed E-state index contributed by atoms with van der Waals surface area (Å²) in [7, 11) is 0. The van der Waals surface area contributed by atoms with E-state index in [9.17, 15) is 19.2 Å². The smallest absolute Gasteiger partial charge is 0.328 e. The fourth-order valence-corrected chi connectivity index (χ4v) is 3.36. The molecule has 0 unspecified atom stereocenters. The van der Waals surface area contributed by atoms with Crippen LogP contribution in [0, 0.1) is 0 Å². The number of thiophene rings is 1. The standard InChI is InChI=1S/C14H17N3O3S2.C4H4O4/c1-2-3-13(19)20-7-12(18)16-6-9-4-5-11(22-9)10-8-21-14(15)17-10;5-3(6)1-2-4(7)8/h4-5,8H,2-3,6-7H2,1H3,(H2,15,17)(H,16,18);1-2H,(H,5,6)(H,7,8). The fraction of sp³-hybridized carbons (Fsp3) is 0.278. The largest absolute Gasteiger partial charge is 0.478 e. The van der Waals surface area contributed by atoms with Crippen LogP contribution in [-0.4, -0.2) is 45.6 Å². The minimum Gasteiger partial charge on any atom is -0.478 e. The first-order valence-corrected chi connectivity index (χ1v) is 10.3. The predicted molar refractivity (Wildman–Crippen MR) is 112 cm³/mol. The van der Waals surface area contributed by atoms with Gasteiger partial charge in [-0.15, -0.1) is 22.7 Å². The van der Waals surface area contributed by atoms with Crippen LogP contribution in [0.1, 0.15) is 24.6 Å². The van der Waals surface area contributed by atoms with Gasteiger partial charge in [-0.05, 0) is 18.6 Å². The minimum absolute atomic E-state index is 0.236. The topological polar surface area (TPSA) is 169 Å². The summed E-state index contributed by atoms with van der Waals surface area (Å²) in [4.78, 5) is 48.1. The summed E-state index contributed by atoms with van der Waals surface area (Å²) in [5.74, 6) is -3.17. The SMILES string of the molecule is CCCC(=O)OCC(=O)NCc1ccc(-c2csc(N)n2)s1.O=C(O)C=CC(=O)O. The van der Waals surface area contributed by atoms with Gasteiger partial charge in [-0.3, -0.25) is 9.59 Å². The average molecular weight is 456 g/mol. The zero-order chi connectivity index (χ0) is 22.5. The highest BCUT2D eigenvalue weighted by atomic mass is 32.1. The van der Waals surface area contributed by atoms with Crippen LogP contribution < -0.4 is 11.1 Å². The van der Waals surface area contributed by atoms with Crippen molar-refractivity contribution >= 4 is 51.6 Å². The maximum Gasteiger partial charge on any atom is 0.328 e. The number of hydrogen-bond acceptors (Lipinski definition) is 9. The molecule has 0 saturated carbocycles. The summed E-state index contributed by atoms with van der Waals surface area (Å²) in [5.41, 5.74) is 6.46. The van der Waals surface area contributed by atoms with Crippen LogP contribution in [0.2, 0.25) is 0 Å². The van der Waals surface area contributed by atoms with Crippen molar-refractivity contribution < 1.29 is 34.1 Å². The van der Waals surface area contributed by atoms with Gasteiger partial charge >= 0.3 is 17.9 Å². The van der Waals surface area contributed by atoms with Crippen molar-refractivity contribution in [2.75, 3.05) is 12.3 Å². The van der Waals surface area contributed by atoms with Crippen LogP contribution >= 0.6 is 22.7 Å². The van der Waals surface area contributed by atoms with Crippen LogP contribution in [0.15, 0.2) is 29.7 Å². The number of aromatic nitrogens is 1. The number of esters is 1. The van der Waals surface area contributed by atoms with Crippen molar-refractivity contribution in [2.45, 2.75) is 26.3 Å². The maximum atomic E-state index is 11.6. The number of rotatable bonds is 9. The fourth-order valence-electron chi connectivity index (χ4n) is 1.81. The van der Waals surface area contributed by atoms with Crippen molar-refractivity contribution in [1.82, 2.24) is 10.3 Å². The molecule has 0 aliphatic rings. The molecule has 2 aromatic heterocycles. The molecule has 0 spiro atoms. The molecular weight excluding hydrogens is 434 g/mol. The van der Waals surface area contributed by atoms with Gasteiger partial charge in [0.25, 0.3) is 5.91 Å². The second-order valence-corrected chi connectivity index (χ2v) is 7.59. The number of nitrogen functional groups attached to an aromatic ring is 1. The van der Waals surface area contributed by atoms with Crippen molar-refractivity contribution in [3.8, 4) is 10.6 Å². The van der Waals surface area contributed by atoms with Gasteiger partial charge in [-0.2, -0.15) is 0 Å². The van der Waals surface area contributed by atoms with Crippen LogP contribution in [0.3, 0.4) is 0 Å². The van der Waals surface area contributed by atoms with Gasteiger partial charge in [0, 0.05) is 28.8 Å². The minimum atomic E-state index is -1.26. The van der Waals surface area contributed by atoms with E-state index >= 15 is 0 Å². The highest BCUT2D eigenvalue weighted by molar-refractivity contribution is 7.16. The normalized spacial score (nSPS) is 10.2. The summed E-state index contributed by atoms with van der Waals surface area (Å²) >= 11 is 2.94. The van der Waals surface area contributed by atoms with Gasteiger partial charge in [-0.1, -0.05) is 6.92 Å². The van der Waals surface area contributed by atoms with Crippen LogP contribution in [0.25, 0.3) is 10.6 Å². The Morgan fingerprint density at radius 2 is 1.87 bits per heavy atom. The number of nitrogens with two attached hydrogens (primary N) is 1. The lowest BCUT2D eigenvalue weighted by molar-refractivity contribution is -0.148. The van der Waals surface area contributed by atoms with E-state index in [1.807, 2.05) is 24.4 Å². The number of carbonyl (C=O) groups is 4. The quantitative estimate of drug-likeness (QED) is 0.327. The molecular formula is C18H21N3O7S2. The Balaban J connectivity index is 0.000000479. The number of ether oxygens (including phenoxy) is 1. The Kier molecular flexibility index (Phi) is 10.8. The number of carboxylic acids is 2. The zero-order valence-corrected chi connectivity index (χ0v) is 17.6. The third-order valence-electron chi connectivity index (χ3n) is 3.08. The molecule has 0 saturated heterocycles. The molecule has 2 aromatic rings. The monoisotopic (exact) mass is 455 g/mol. The van der Waals surface area contributed by atoms with Gasteiger partial charge in [0.1, 0.15) is 0 Å². The van der Waals surface area contributed by atoms with Gasteiger partial charge in [-0.25, -0.2) is 14.6 Å². The van der Waals surface area contributed by atoms with Crippen molar-refractivity contribution in [2.24, 2.45) is 0 Å². The van der Waals surface area contributed by atoms with Gasteiger partial charge in [0.2, 0.25) is 0 Å². The number of anilines is 1. The van der Waals surface area contributed by atoms with E-state index in [1.54, 1.807) is 0 Å². The molecule has 30 heavy (non-hydrogen) atoms. The molecule has 12 heteroatoms. The number of nitrogens with one attached hydrogen (secondary N) is 1. The average Bonchev–Trinajstić information content (AvgIpc) is 3.32. The lowest BCUT2D eigenvalue weighted by atomic mass is 10.3. The predicted octanol–water partition coefficient (Wildman–Crippen LogP) is 2.13. The third kappa shape index (κ3) is 10.3. The van der Waals surface area contributed by atoms with Crippen molar-refractivity contribution in [1.29, 1.82) is 0 Å². The molecule has 2 heterocycles. The molecule has 5 N–H and O–H groups in total. The molecule has 0 aromatic carbocycles. The summed E-state index contributed by atoms with van der Waals surface area (Å²) in [6, 6.07) is 3.88. The number of thiazole rings is 1. The molecule has 1 amide bonds. The summed E-state index contributed by atoms with van der Waals surface area (Å²) in [5, 5.41) is 20.8. The zero-order valence-electron chi connectivity index (χ0n) is 16.0. The van der Waals surface area contributed by atoms with E-state index in [0.717, 1.165) is 15.4 Å². The Morgan fingerprint density at radius 3 is 2.40 bits per heavy atom. The molecule has 10 nitrogen and oxygen atoms in total. The van der Waals surface area contributed by atoms with E-state index in [1.165, 1.54) is 22.7 Å². The molecule has 0 aliphatic heterocycles. The van der Waals surface area contributed by atoms with Gasteiger partial charge < -0.3 is 26.0 Å². The molecule has 0 radical (unpaired) electrons. The Bertz CT molecular complexity index is 889. The van der Waals surface area contributed by atoms with E-state index in [4.69, 9.17) is 20.7 Å². The number of carboxylic acid groups (broad SMARTS) is 2. The molecule has 0 bridgehead atoms. The summed E-state index contributed by atoms with van der Waals surface area (Å²) in [6.07, 6.45) is 2.16. The first kappa shape index (κ1) is 24.8. The van der Waals surface area contributed by atoms with E-state index in [2.05, 4.69) is 10.3 Å². The second kappa shape index (κ2) is 13.1.